The number of rotatable bonds is 7. The quantitative estimate of drug-likeness (QED) is 0.593. The first-order chi connectivity index (χ1) is 10.3. The van der Waals surface area contributed by atoms with E-state index >= 15 is 0 Å². The number of benzene rings is 1. The molecule has 1 heterocycles. The Morgan fingerprint density at radius 1 is 1.38 bits per heavy atom. The van der Waals surface area contributed by atoms with Gasteiger partial charge in [-0.25, -0.2) is 5.43 Å². The second-order valence-corrected chi connectivity index (χ2v) is 4.20. The minimum atomic E-state index is 0.310. The molecular weight excluding hydrogens is 270 g/mol. The molecule has 1 aromatic heterocycles. The molecule has 0 unspecified atom stereocenters. The van der Waals surface area contributed by atoms with Gasteiger partial charge in [0.1, 0.15) is 5.75 Å². The van der Waals surface area contributed by atoms with Gasteiger partial charge in [-0.2, -0.15) is 10.3 Å². The van der Waals surface area contributed by atoms with Crippen LogP contribution in [0.5, 0.6) is 5.75 Å². The molecule has 0 radical (unpaired) electrons. The summed E-state index contributed by atoms with van der Waals surface area (Å²) in [6, 6.07) is 6.02. The Bertz CT molecular complexity index is 578. The number of aromatic nitrogens is 4. The molecule has 21 heavy (non-hydrogen) atoms. The molecular formula is C13H19N7O. The van der Waals surface area contributed by atoms with E-state index in [1.165, 1.54) is 0 Å². The van der Waals surface area contributed by atoms with Gasteiger partial charge in [-0.05, 0) is 31.2 Å². The number of H-pyrrole nitrogens is 1. The van der Waals surface area contributed by atoms with Crippen molar-refractivity contribution in [2.24, 2.45) is 5.10 Å². The SMILES string of the molecule is CCN(CC)c1ccc(/C=N/Nc2nn[nH]n2)c(OC)c1. The van der Waals surface area contributed by atoms with E-state index in [2.05, 4.69) is 49.9 Å². The summed E-state index contributed by atoms with van der Waals surface area (Å²) in [5.41, 5.74) is 4.66. The normalized spacial score (nSPS) is 10.8. The number of methoxy groups -OCH3 is 1. The summed E-state index contributed by atoms with van der Waals surface area (Å²) in [6.07, 6.45) is 1.65. The van der Waals surface area contributed by atoms with Crippen molar-refractivity contribution in [3.05, 3.63) is 23.8 Å². The Morgan fingerprint density at radius 3 is 2.81 bits per heavy atom. The fourth-order valence-electron chi connectivity index (χ4n) is 1.96. The van der Waals surface area contributed by atoms with Crippen molar-refractivity contribution in [2.45, 2.75) is 13.8 Å². The van der Waals surface area contributed by atoms with Gasteiger partial charge >= 0.3 is 0 Å². The summed E-state index contributed by atoms with van der Waals surface area (Å²) in [5, 5.41) is 17.3. The molecule has 112 valence electrons. The van der Waals surface area contributed by atoms with Crippen LogP contribution in [0.4, 0.5) is 11.6 Å². The van der Waals surface area contributed by atoms with Crippen LogP contribution in [0.25, 0.3) is 0 Å². The molecule has 0 aliphatic heterocycles. The van der Waals surface area contributed by atoms with Gasteiger partial charge in [0.05, 0.1) is 13.3 Å². The number of nitrogens with zero attached hydrogens (tertiary/aromatic N) is 5. The molecule has 2 rings (SSSR count). The van der Waals surface area contributed by atoms with E-state index in [1.807, 2.05) is 18.2 Å². The van der Waals surface area contributed by atoms with Crippen molar-refractivity contribution >= 4 is 17.9 Å². The third-order valence-electron chi connectivity index (χ3n) is 3.06. The highest BCUT2D eigenvalue weighted by Gasteiger charge is 2.06. The number of nitrogens with one attached hydrogen (secondary N) is 2. The van der Waals surface area contributed by atoms with Gasteiger partial charge < -0.3 is 9.64 Å². The van der Waals surface area contributed by atoms with Crippen molar-refractivity contribution in [3.63, 3.8) is 0 Å². The average molecular weight is 289 g/mol. The molecule has 8 nitrogen and oxygen atoms in total. The van der Waals surface area contributed by atoms with E-state index in [4.69, 9.17) is 4.74 Å². The van der Waals surface area contributed by atoms with Crippen molar-refractivity contribution in [1.82, 2.24) is 20.6 Å². The zero-order valence-corrected chi connectivity index (χ0v) is 12.4. The fraction of sp³-hybridized carbons (Fsp3) is 0.385. The minimum absolute atomic E-state index is 0.310. The average Bonchev–Trinajstić information content (AvgIpc) is 3.03. The van der Waals surface area contributed by atoms with Crippen LogP contribution < -0.4 is 15.1 Å². The van der Waals surface area contributed by atoms with Crippen molar-refractivity contribution in [2.75, 3.05) is 30.5 Å². The summed E-state index contributed by atoms with van der Waals surface area (Å²) >= 11 is 0. The Labute approximate surface area is 123 Å². The minimum Gasteiger partial charge on any atom is -0.496 e. The number of anilines is 2. The molecule has 0 bridgehead atoms. The fourth-order valence-corrected chi connectivity index (χ4v) is 1.96. The maximum absolute atomic E-state index is 5.42. The topological polar surface area (TPSA) is 91.3 Å². The monoisotopic (exact) mass is 289 g/mol. The summed E-state index contributed by atoms with van der Waals surface area (Å²) < 4.78 is 5.42. The van der Waals surface area contributed by atoms with Crippen LogP contribution in [0, 0.1) is 0 Å². The van der Waals surface area contributed by atoms with Crippen LogP contribution in [-0.4, -0.2) is 47.0 Å². The summed E-state index contributed by atoms with van der Waals surface area (Å²) in [7, 11) is 1.64. The second-order valence-electron chi connectivity index (χ2n) is 4.20. The number of ether oxygens (including phenoxy) is 1. The number of hydrogen-bond acceptors (Lipinski definition) is 7. The maximum atomic E-state index is 5.42. The van der Waals surface area contributed by atoms with Gasteiger partial charge in [0.2, 0.25) is 0 Å². The number of hydrogen-bond donors (Lipinski definition) is 2. The smallest absolute Gasteiger partial charge is 0.283 e. The first kappa shape index (κ1) is 14.8. The highest BCUT2D eigenvalue weighted by atomic mass is 16.5. The molecule has 2 aromatic rings. The van der Waals surface area contributed by atoms with Crippen LogP contribution in [0.2, 0.25) is 0 Å². The molecule has 0 saturated carbocycles. The van der Waals surface area contributed by atoms with Gasteiger partial charge in [-0.15, -0.1) is 5.10 Å². The Kier molecular flexibility index (Phi) is 5.08. The summed E-state index contributed by atoms with van der Waals surface area (Å²) in [5.74, 6) is 1.07. The lowest BCUT2D eigenvalue weighted by atomic mass is 10.2. The third kappa shape index (κ3) is 3.68. The van der Waals surface area contributed by atoms with E-state index in [0.717, 1.165) is 30.1 Å². The summed E-state index contributed by atoms with van der Waals surface area (Å²) in [6.45, 7) is 6.15. The molecule has 1 aromatic carbocycles. The van der Waals surface area contributed by atoms with Crippen LogP contribution >= 0.6 is 0 Å². The first-order valence-corrected chi connectivity index (χ1v) is 6.74. The van der Waals surface area contributed by atoms with Crippen molar-refractivity contribution in [1.29, 1.82) is 0 Å². The second kappa shape index (κ2) is 7.22. The van der Waals surface area contributed by atoms with Crippen molar-refractivity contribution < 1.29 is 4.74 Å². The summed E-state index contributed by atoms with van der Waals surface area (Å²) in [4.78, 5) is 2.25. The third-order valence-corrected chi connectivity index (χ3v) is 3.06. The zero-order valence-electron chi connectivity index (χ0n) is 12.4. The van der Waals surface area contributed by atoms with E-state index in [9.17, 15) is 0 Å². The van der Waals surface area contributed by atoms with Crippen LogP contribution in [0.1, 0.15) is 19.4 Å². The Hall–Kier alpha value is -2.64. The van der Waals surface area contributed by atoms with Gasteiger partial charge in [0.25, 0.3) is 5.95 Å². The molecule has 0 aliphatic carbocycles. The van der Waals surface area contributed by atoms with Gasteiger partial charge in [-0.1, -0.05) is 5.10 Å². The molecule has 2 N–H and O–H groups in total. The predicted octanol–water partition coefficient (Wildman–Crippen LogP) is 1.50. The molecule has 0 fully saturated rings. The zero-order chi connectivity index (χ0) is 15.1. The van der Waals surface area contributed by atoms with Crippen LogP contribution in [0.3, 0.4) is 0 Å². The van der Waals surface area contributed by atoms with E-state index in [-0.39, 0.29) is 0 Å². The molecule has 0 saturated heterocycles. The molecule has 0 atom stereocenters. The predicted molar refractivity (Wildman–Crippen MR) is 81.9 cm³/mol. The molecule has 0 aliphatic rings. The van der Waals surface area contributed by atoms with E-state index in [1.54, 1.807) is 13.3 Å². The number of tetrazole rings is 1. The highest BCUT2D eigenvalue weighted by molar-refractivity contribution is 5.85. The number of aromatic amines is 1. The largest absolute Gasteiger partial charge is 0.496 e. The number of hydrazone groups is 1. The van der Waals surface area contributed by atoms with E-state index < -0.39 is 0 Å². The van der Waals surface area contributed by atoms with Crippen LogP contribution in [0.15, 0.2) is 23.3 Å². The standard InChI is InChI=1S/C13H19N7O/c1-4-20(5-2)11-7-6-10(12(8-11)21-3)9-14-15-13-16-18-19-17-13/h6-9H,4-5H2,1-3H3,(H2,15,16,17,18,19)/b14-9+. The lowest BCUT2D eigenvalue weighted by molar-refractivity contribution is 0.414. The van der Waals surface area contributed by atoms with Gasteiger partial charge in [0, 0.05) is 30.4 Å². The maximum Gasteiger partial charge on any atom is 0.283 e. The van der Waals surface area contributed by atoms with Gasteiger partial charge in [0.15, 0.2) is 0 Å². The Morgan fingerprint density at radius 2 is 2.19 bits per heavy atom. The lowest BCUT2D eigenvalue weighted by Gasteiger charge is -2.21. The van der Waals surface area contributed by atoms with Crippen molar-refractivity contribution in [3.8, 4) is 5.75 Å². The van der Waals surface area contributed by atoms with Gasteiger partial charge in [-0.3, -0.25) is 0 Å². The highest BCUT2D eigenvalue weighted by Crippen LogP contribution is 2.24. The molecule has 8 heteroatoms. The van der Waals surface area contributed by atoms with Crippen LogP contribution in [-0.2, 0) is 0 Å². The lowest BCUT2D eigenvalue weighted by Crippen LogP contribution is -2.21. The molecule has 0 spiro atoms. The first-order valence-electron chi connectivity index (χ1n) is 6.74. The molecule has 0 amide bonds. The Balaban J connectivity index is 2.14. The van der Waals surface area contributed by atoms with E-state index in [0.29, 0.717) is 5.95 Å².